The number of piperidine rings is 2. The maximum absolute atomic E-state index is 14.0. The van der Waals surface area contributed by atoms with E-state index in [0.717, 1.165) is 25.9 Å². The molecule has 2 aliphatic heterocycles. The number of pyridine rings is 2. The normalized spacial score (nSPS) is 19.2. The lowest BCUT2D eigenvalue weighted by molar-refractivity contribution is -0.0221. The van der Waals surface area contributed by atoms with Crippen LogP contribution >= 0.6 is 0 Å². The van der Waals surface area contributed by atoms with Crippen LogP contribution < -0.4 is 24.6 Å². The largest absolute Gasteiger partial charge is 0.481 e. The molecule has 0 atom stereocenters. The van der Waals surface area contributed by atoms with E-state index < -0.39 is 34.2 Å². The fourth-order valence-electron chi connectivity index (χ4n) is 6.02. The summed E-state index contributed by atoms with van der Waals surface area (Å²) in [6.45, 7) is 1.12. The lowest BCUT2D eigenvalue weighted by atomic mass is 9.93. The molecule has 1 aliphatic carbocycles. The zero-order valence-electron chi connectivity index (χ0n) is 24.5. The standard InChI is InChI=1S/C30H36F2N6O5S/c1-43-25-5-2-20-18-24(33-27(26(20)35-25)38-14-10-30(31,32)11-15-38)34-28(40)22-4-3-21(36-44(41,42)17-16-39)19-23(22)37-12-8-29(6-7-29)9-13-37/h2-5,18-19,36,39H,6-17H2,1H3,(H,33,34,40). The topological polar surface area (TPSA) is 137 Å². The molecule has 14 heteroatoms. The summed E-state index contributed by atoms with van der Waals surface area (Å²) in [7, 11) is -2.28. The second kappa shape index (κ2) is 11.6. The van der Waals surface area contributed by atoms with Crippen LogP contribution in [0.4, 0.5) is 31.8 Å². The van der Waals surface area contributed by atoms with E-state index in [1.807, 2.05) is 0 Å². The summed E-state index contributed by atoms with van der Waals surface area (Å²) >= 11 is 0. The molecule has 1 saturated carbocycles. The van der Waals surface area contributed by atoms with Crippen LogP contribution in [0.15, 0.2) is 36.4 Å². The molecule has 3 aliphatic rings. The molecule has 1 amide bonds. The van der Waals surface area contributed by atoms with Gasteiger partial charge in [0, 0.05) is 50.5 Å². The minimum Gasteiger partial charge on any atom is -0.481 e. The monoisotopic (exact) mass is 630 g/mol. The summed E-state index contributed by atoms with van der Waals surface area (Å²) in [5.41, 5.74) is 2.10. The van der Waals surface area contributed by atoms with E-state index in [-0.39, 0.29) is 31.7 Å². The number of rotatable bonds is 9. The molecule has 0 radical (unpaired) electrons. The van der Waals surface area contributed by atoms with Gasteiger partial charge in [-0.05, 0) is 61.4 Å². The second-order valence-corrected chi connectivity index (χ2v) is 13.8. The lowest BCUT2D eigenvalue weighted by Gasteiger charge is -2.35. The highest BCUT2D eigenvalue weighted by atomic mass is 32.2. The van der Waals surface area contributed by atoms with Crippen molar-refractivity contribution in [2.45, 2.75) is 44.4 Å². The minimum absolute atomic E-state index is 0.0830. The maximum atomic E-state index is 14.0. The van der Waals surface area contributed by atoms with E-state index in [9.17, 15) is 22.0 Å². The van der Waals surface area contributed by atoms with E-state index >= 15 is 0 Å². The number of alkyl halides is 2. The van der Waals surface area contributed by atoms with Gasteiger partial charge in [-0.2, -0.15) is 0 Å². The molecule has 4 heterocycles. The number of sulfonamides is 1. The van der Waals surface area contributed by atoms with Crippen LogP contribution in [0.3, 0.4) is 0 Å². The van der Waals surface area contributed by atoms with Crippen LogP contribution in [0.25, 0.3) is 10.9 Å². The smallest absolute Gasteiger partial charge is 0.258 e. The average Bonchev–Trinajstić information content (AvgIpc) is 3.75. The summed E-state index contributed by atoms with van der Waals surface area (Å²) in [5, 5.41) is 12.7. The predicted octanol–water partition coefficient (Wildman–Crippen LogP) is 4.24. The molecule has 44 heavy (non-hydrogen) atoms. The van der Waals surface area contributed by atoms with Gasteiger partial charge in [0.1, 0.15) is 11.3 Å². The fraction of sp³-hybridized carbons (Fsp3) is 0.500. The number of hydrogen-bond acceptors (Lipinski definition) is 9. The second-order valence-electron chi connectivity index (χ2n) is 11.9. The highest BCUT2D eigenvalue weighted by molar-refractivity contribution is 7.92. The summed E-state index contributed by atoms with van der Waals surface area (Å²) in [6.07, 6.45) is 3.78. The van der Waals surface area contributed by atoms with E-state index in [0.29, 0.717) is 45.0 Å². The molecule has 1 spiro atoms. The van der Waals surface area contributed by atoms with Crippen molar-refractivity contribution in [3.8, 4) is 5.88 Å². The number of hydrogen-bond donors (Lipinski definition) is 3. The minimum atomic E-state index is -3.77. The van der Waals surface area contributed by atoms with Gasteiger partial charge in [0.15, 0.2) is 5.82 Å². The number of aliphatic hydroxyl groups excluding tert-OH is 1. The first-order valence-corrected chi connectivity index (χ1v) is 16.4. The molecule has 236 valence electrons. The van der Waals surface area contributed by atoms with Gasteiger partial charge in [-0.25, -0.2) is 27.2 Å². The number of fused-ring (bicyclic) bond motifs is 1. The zero-order chi connectivity index (χ0) is 31.1. The Labute approximate surface area is 254 Å². The van der Waals surface area contributed by atoms with E-state index in [4.69, 9.17) is 9.84 Å². The number of aromatic nitrogens is 2. The summed E-state index contributed by atoms with van der Waals surface area (Å²) in [5.74, 6) is -2.66. The van der Waals surface area contributed by atoms with Gasteiger partial charge < -0.3 is 25.0 Å². The van der Waals surface area contributed by atoms with Gasteiger partial charge in [0.2, 0.25) is 15.9 Å². The van der Waals surface area contributed by atoms with Gasteiger partial charge in [-0.15, -0.1) is 0 Å². The highest BCUT2D eigenvalue weighted by Gasteiger charge is 2.44. The number of amides is 1. The van der Waals surface area contributed by atoms with Crippen molar-refractivity contribution in [2.75, 3.05) is 65.5 Å². The number of aliphatic hydroxyl groups is 1. The molecule has 2 aromatic heterocycles. The van der Waals surface area contributed by atoms with Crippen molar-refractivity contribution < 1.29 is 31.8 Å². The number of carbonyl (C=O) groups is 1. The summed E-state index contributed by atoms with van der Waals surface area (Å²) in [6, 6.07) is 9.88. The van der Waals surface area contributed by atoms with Crippen molar-refractivity contribution in [1.29, 1.82) is 0 Å². The SMILES string of the molecule is COc1ccc2cc(NC(=O)c3ccc(NS(=O)(=O)CCO)cc3N3CCC4(CC3)CC4)nc(N3CCC(F)(F)CC3)c2n1. The Morgan fingerprint density at radius 2 is 1.68 bits per heavy atom. The Morgan fingerprint density at radius 1 is 0.977 bits per heavy atom. The van der Waals surface area contributed by atoms with Crippen LogP contribution in [0.2, 0.25) is 0 Å². The Kier molecular flexibility index (Phi) is 7.99. The quantitative estimate of drug-likeness (QED) is 0.317. The lowest BCUT2D eigenvalue weighted by Crippen LogP contribution is -2.40. The first-order chi connectivity index (χ1) is 21.0. The molecule has 0 unspecified atom stereocenters. The van der Waals surface area contributed by atoms with Crippen molar-refractivity contribution in [3.05, 3.63) is 42.0 Å². The number of methoxy groups -OCH3 is 1. The van der Waals surface area contributed by atoms with E-state index in [1.54, 1.807) is 35.2 Å². The van der Waals surface area contributed by atoms with Gasteiger partial charge in [0.05, 0.1) is 36.4 Å². The summed E-state index contributed by atoms with van der Waals surface area (Å²) < 4.78 is 60.4. The van der Waals surface area contributed by atoms with E-state index in [1.165, 1.54) is 26.0 Å². The average molecular weight is 631 g/mol. The highest BCUT2D eigenvalue weighted by Crippen LogP contribution is 2.54. The molecule has 6 rings (SSSR count). The van der Waals surface area contributed by atoms with Crippen molar-refractivity contribution in [1.82, 2.24) is 9.97 Å². The molecule has 0 bridgehead atoms. The molecular formula is C30H36F2N6O5S. The molecule has 3 fully saturated rings. The van der Waals surface area contributed by atoms with Gasteiger partial charge in [-0.3, -0.25) is 9.52 Å². The number of nitrogens with zero attached hydrogens (tertiary/aromatic N) is 4. The number of anilines is 4. The third-order valence-electron chi connectivity index (χ3n) is 8.87. The predicted molar refractivity (Wildman–Crippen MR) is 164 cm³/mol. The van der Waals surface area contributed by atoms with Crippen LogP contribution in [-0.2, 0) is 10.0 Å². The molecule has 3 aromatic rings. The Morgan fingerprint density at radius 3 is 2.34 bits per heavy atom. The van der Waals surface area contributed by atoms with Crippen molar-refractivity contribution in [3.63, 3.8) is 0 Å². The molecule has 11 nitrogen and oxygen atoms in total. The maximum Gasteiger partial charge on any atom is 0.258 e. The molecule has 3 N–H and O–H groups in total. The number of benzene rings is 1. The summed E-state index contributed by atoms with van der Waals surface area (Å²) in [4.78, 5) is 26.9. The first kappa shape index (κ1) is 30.3. The van der Waals surface area contributed by atoms with Crippen molar-refractivity contribution in [2.24, 2.45) is 5.41 Å². The molecular weight excluding hydrogens is 594 g/mol. The van der Waals surface area contributed by atoms with Gasteiger partial charge in [0.25, 0.3) is 11.8 Å². The molecule has 2 saturated heterocycles. The van der Waals surface area contributed by atoms with Crippen LogP contribution in [-0.4, -0.2) is 81.0 Å². The third kappa shape index (κ3) is 6.50. The number of carbonyl (C=O) groups excluding carboxylic acids is 1. The fourth-order valence-corrected chi connectivity index (χ4v) is 6.85. The van der Waals surface area contributed by atoms with E-state index in [2.05, 4.69) is 24.9 Å². The number of nitrogens with one attached hydrogen (secondary N) is 2. The van der Waals surface area contributed by atoms with Crippen LogP contribution in [0, 0.1) is 5.41 Å². The number of ether oxygens (including phenoxy) is 1. The number of halogens is 2. The van der Waals surface area contributed by atoms with Crippen molar-refractivity contribution >= 4 is 49.8 Å². The third-order valence-corrected chi connectivity index (χ3v) is 10.1. The van der Waals surface area contributed by atoms with Gasteiger partial charge >= 0.3 is 0 Å². The van der Waals surface area contributed by atoms with Crippen LogP contribution in [0.5, 0.6) is 5.88 Å². The van der Waals surface area contributed by atoms with Gasteiger partial charge in [-0.1, -0.05) is 0 Å². The Balaban J connectivity index is 1.32. The Bertz CT molecular complexity index is 1660. The zero-order valence-corrected chi connectivity index (χ0v) is 25.3. The Hall–Kier alpha value is -3.78. The first-order valence-electron chi connectivity index (χ1n) is 14.8. The molecule has 1 aromatic carbocycles. The van der Waals surface area contributed by atoms with Crippen LogP contribution in [0.1, 0.15) is 48.9 Å².